The molecule has 0 amide bonds. The van der Waals surface area contributed by atoms with Gasteiger partial charge < -0.3 is 5.73 Å². The first-order valence-electron chi connectivity index (χ1n) is 5.76. The maximum atomic E-state index is 7.71. The van der Waals surface area contributed by atoms with Gasteiger partial charge in [-0.2, -0.15) is 5.10 Å². The van der Waals surface area contributed by atoms with Crippen molar-refractivity contribution in [2.45, 2.75) is 27.7 Å². The van der Waals surface area contributed by atoms with Crippen LogP contribution in [0.25, 0.3) is 5.82 Å². The first-order chi connectivity index (χ1) is 8.40. The highest BCUT2D eigenvalue weighted by molar-refractivity contribution is 5.99. The lowest BCUT2D eigenvalue weighted by atomic mass is 10.1. The van der Waals surface area contributed by atoms with Crippen molar-refractivity contribution < 1.29 is 0 Å². The Kier molecular flexibility index (Phi) is 2.90. The second kappa shape index (κ2) is 4.25. The third-order valence-electron chi connectivity index (χ3n) is 2.81. The van der Waals surface area contributed by atoms with Crippen LogP contribution in [0.15, 0.2) is 12.1 Å². The van der Waals surface area contributed by atoms with Crippen molar-refractivity contribution in [1.29, 1.82) is 5.41 Å². The summed E-state index contributed by atoms with van der Waals surface area (Å²) in [4.78, 5) is 4.48. The quantitative estimate of drug-likeness (QED) is 0.623. The van der Waals surface area contributed by atoms with E-state index in [1.54, 1.807) is 4.68 Å². The molecule has 2 heterocycles. The Morgan fingerprint density at radius 1 is 1.17 bits per heavy atom. The third kappa shape index (κ3) is 1.99. The Balaban J connectivity index is 2.77. The number of nitrogens with one attached hydrogen (secondary N) is 1. The molecule has 5 nitrogen and oxygen atoms in total. The number of aryl methyl sites for hydroxylation is 4. The van der Waals surface area contributed by atoms with Gasteiger partial charge >= 0.3 is 0 Å². The molecule has 18 heavy (non-hydrogen) atoms. The molecule has 0 aliphatic rings. The molecule has 0 radical (unpaired) electrons. The lowest BCUT2D eigenvalue weighted by molar-refractivity contribution is 0.797. The highest BCUT2D eigenvalue weighted by atomic mass is 15.3. The summed E-state index contributed by atoms with van der Waals surface area (Å²) in [5.74, 6) is 0.646. The first kappa shape index (κ1) is 12.3. The number of nitrogen functional groups attached to an aromatic ring is 1. The van der Waals surface area contributed by atoms with Gasteiger partial charge in [0.25, 0.3) is 0 Å². The smallest absolute Gasteiger partial charge is 0.165 e. The zero-order valence-electron chi connectivity index (χ0n) is 11.1. The second-order valence-electron chi connectivity index (χ2n) is 4.53. The maximum absolute atomic E-state index is 7.71. The summed E-state index contributed by atoms with van der Waals surface area (Å²) >= 11 is 0. The summed E-state index contributed by atoms with van der Waals surface area (Å²) in [5, 5.41) is 12.1. The van der Waals surface area contributed by atoms with Gasteiger partial charge in [-0.25, -0.2) is 9.67 Å². The fourth-order valence-corrected chi connectivity index (χ4v) is 2.15. The fraction of sp³-hybridized carbons (Fsp3) is 0.308. The van der Waals surface area contributed by atoms with E-state index in [2.05, 4.69) is 10.1 Å². The van der Waals surface area contributed by atoms with Gasteiger partial charge in [-0.1, -0.05) is 0 Å². The molecule has 5 heteroatoms. The number of hydrogen-bond acceptors (Lipinski definition) is 3. The largest absolute Gasteiger partial charge is 0.384 e. The minimum absolute atomic E-state index is 0.0163. The number of nitrogens with two attached hydrogens (primary N) is 1. The van der Waals surface area contributed by atoms with Gasteiger partial charge in [-0.3, -0.25) is 5.41 Å². The minimum atomic E-state index is 0.0163. The van der Waals surface area contributed by atoms with Crippen LogP contribution in [0.4, 0.5) is 0 Å². The van der Waals surface area contributed by atoms with Gasteiger partial charge in [-0.15, -0.1) is 0 Å². The molecule has 0 bridgehead atoms. The Morgan fingerprint density at radius 2 is 1.83 bits per heavy atom. The number of nitrogens with zero attached hydrogens (tertiary/aromatic N) is 3. The van der Waals surface area contributed by atoms with E-state index in [0.29, 0.717) is 11.4 Å². The first-order valence-corrected chi connectivity index (χ1v) is 5.76. The molecule has 2 aromatic rings. The molecule has 2 aromatic heterocycles. The van der Waals surface area contributed by atoms with Crippen molar-refractivity contribution in [1.82, 2.24) is 14.8 Å². The minimum Gasteiger partial charge on any atom is -0.384 e. The number of hydrogen-bond donors (Lipinski definition) is 2. The van der Waals surface area contributed by atoms with Gasteiger partial charge in [0.1, 0.15) is 5.84 Å². The molecule has 0 aliphatic carbocycles. The molecule has 0 aliphatic heterocycles. The number of pyridine rings is 1. The maximum Gasteiger partial charge on any atom is 0.165 e. The molecule has 0 saturated carbocycles. The molecule has 3 N–H and O–H groups in total. The van der Waals surface area contributed by atoms with E-state index in [4.69, 9.17) is 11.1 Å². The van der Waals surface area contributed by atoms with Crippen LogP contribution in [0.5, 0.6) is 0 Å². The molecule has 0 spiro atoms. The summed E-state index contributed by atoms with van der Waals surface area (Å²) in [6.07, 6.45) is 0. The molecule has 0 fully saturated rings. The van der Waals surface area contributed by atoms with Crippen molar-refractivity contribution in [2.24, 2.45) is 5.73 Å². The molecule has 2 rings (SSSR count). The molecule has 0 aromatic carbocycles. The van der Waals surface area contributed by atoms with Gasteiger partial charge in [-0.05, 0) is 45.4 Å². The summed E-state index contributed by atoms with van der Waals surface area (Å²) in [5.41, 5.74) is 10.0. The standard InChI is InChI=1S/C13H17N5/c1-7-5-8(2)16-13(11(7)12(14)15)18-10(4)6-9(3)17-18/h5-6H,1-4H3,(H3,14,15). The van der Waals surface area contributed by atoms with Crippen LogP contribution >= 0.6 is 0 Å². The van der Waals surface area contributed by atoms with Crippen molar-refractivity contribution in [3.8, 4) is 5.82 Å². The molecular formula is C13H17N5. The number of amidine groups is 1. The Labute approximate surface area is 106 Å². The van der Waals surface area contributed by atoms with E-state index >= 15 is 0 Å². The van der Waals surface area contributed by atoms with E-state index in [-0.39, 0.29) is 5.84 Å². The van der Waals surface area contributed by atoms with Crippen LogP contribution in [-0.4, -0.2) is 20.6 Å². The van der Waals surface area contributed by atoms with E-state index in [9.17, 15) is 0 Å². The summed E-state index contributed by atoms with van der Waals surface area (Å²) in [7, 11) is 0. The number of aromatic nitrogens is 3. The van der Waals surface area contributed by atoms with Crippen molar-refractivity contribution in [3.05, 3.63) is 40.3 Å². The Hall–Kier alpha value is -2.17. The monoisotopic (exact) mass is 243 g/mol. The third-order valence-corrected chi connectivity index (χ3v) is 2.81. The van der Waals surface area contributed by atoms with E-state index in [1.807, 2.05) is 39.8 Å². The SMILES string of the molecule is Cc1cc(C)c(C(=N)N)c(-n2nc(C)cc2C)n1. The van der Waals surface area contributed by atoms with Gasteiger partial charge in [0, 0.05) is 11.4 Å². The lowest BCUT2D eigenvalue weighted by Gasteiger charge is -2.12. The van der Waals surface area contributed by atoms with E-state index in [1.165, 1.54) is 0 Å². The van der Waals surface area contributed by atoms with Crippen LogP contribution in [0.2, 0.25) is 0 Å². The summed E-state index contributed by atoms with van der Waals surface area (Å²) in [6.45, 7) is 7.75. The fourth-order valence-electron chi connectivity index (χ4n) is 2.15. The van der Waals surface area contributed by atoms with Crippen LogP contribution in [0.3, 0.4) is 0 Å². The lowest BCUT2D eigenvalue weighted by Crippen LogP contribution is -2.19. The van der Waals surface area contributed by atoms with E-state index in [0.717, 1.165) is 22.6 Å². The zero-order chi connectivity index (χ0) is 13.4. The van der Waals surface area contributed by atoms with E-state index < -0.39 is 0 Å². The molecule has 94 valence electrons. The van der Waals surface area contributed by atoms with Crippen LogP contribution in [-0.2, 0) is 0 Å². The van der Waals surface area contributed by atoms with Crippen molar-refractivity contribution in [3.63, 3.8) is 0 Å². The normalized spacial score (nSPS) is 10.7. The topological polar surface area (TPSA) is 80.6 Å². The molecule has 0 unspecified atom stereocenters. The summed E-state index contributed by atoms with van der Waals surface area (Å²) in [6, 6.07) is 3.90. The highest BCUT2D eigenvalue weighted by Crippen LogP contribution is 2.19. The summed E-state index contributed by atoms with van der Waals surface area (Å²) < 4.78 is 1.74. The van der Waals surface area contributed by atoms with Crippen LogP contribution < -0.4 is 5.73 Å². The average Bonchev–Trinajstić information content (AvgIpc) is 2.55. The Bertz CT molecular complexity index is 625. The average molecular weight is 243 g/mol. The second-order valence-corrected chi connectivity index (χ2v) is 4.53. The molecular weight excluding hydrogens is 226 g/mol. The number of rotatable bonds is 2. The van der Waals surface area contributed by atoms with Gasteiger partial charge in [0.15, 0.2) is 5.82 Å². The zero-order valence-corrected chi connectivity index (χ0v) is 11.1. The van der Waals surface area contributed by atoms with Crippen LogP contribution in [0, 0.1) is 33.1 Å². The molecule has 0 atom stereocenters. The van der Waals surface area contributed by atoms with Crippen LogP contribution in [0.1, 0.15) is 28.2 Å². The van der Waals surface area contributed by atoms with Gasteiger partial charge in [0.2, 0.25) is 0 Å². The van der Waals surface area contributed by atoms with Crippen molar-refractivity contribution in [2.75, 3.05) is 0 Å². The molecule has 0 saturated heterocycles. The predicted octanol–water partition coefficient (Wildman–Crippen LogP) is 1.79. The predicted molar refractivity (Wildman–Crippen MR) is 71.3 cm³/mol. The highest BCUT2D eigenvalue weighted by Gasteiger charge is 2.15. The Morgan fingerprint density at radius 3 is 2.33 bits per heavy atom. The van der Waals surface area contributed by atoms with Gasteiger partial charge in [0.05, 0.1) is 11.3 Å². The van der Waals surface area contributed by atoms with Crippen molar-refractivity contribution >= 4 is 5.84 Å².